The highest BCUT2D eigenvalue weighted by atomic mass is 32.2. The summed E-state index contributed by atoms with van der Waals surface area (Å²) in [4.78, 5) is 16.3. The molecule has 4 rings (SSSR count). The van der Waals surface area contributed by atoms with E-state index in [1.54, 1.807) is 24.3 Å². The first kappa shape index (κ1) is 26.4. The van der Waals surface area contributed by atoms with Crippen LogP contribution >= 0.6 is 0 Å². The summed E-state index contributed by atoms with van der Waals surface area (Å²) in [7, 11) is -5.64. The van der Waals surface area contributed by atoms with Crippen molar-refractivity contribution >= 4 is 15.7 Å². The summed E-state index contributed by atoms with van der Waals surface area (Å²) in [6.45, 7) is 4.55. The number of likely N-dealkylation sites (tertiary alicyclic amines) is 2. The van der Waals surface area contributed by atoms with Gasteiger partial charge >= 0.3 is 5.51 Å². The van der Waals surface area contributed by atoms with Crippen LogP contribution in [0, 0.1) is 5.82 Å². The fraction of sp³-hybridized carbons (Fsp3) is 0.480. The number of carbonyl (C=O) groups excluding carboxylic acids is 1. The van der Waals surface area contributed by atoms with Gasteiger partial charge in [0.25, 0.3) is 15.7 Å². The number of sulfone groups is 1. The Balaban J connectivity index is 1.37. The number of carbonyl (C=O) groups is 1. The molecule has 0 spiro atoms. The quantitative estimate of drug-likeness (QED) is 0.484. The van der Waals surface area contributed by atoms with Gasteiger partial charge in [0.2, 0.25) is 0 Å². The minimum Gasteiger partial charge on any atom is -0.489 e. The van der Waals surface area contributed by atoms with Gasteiger partial charge in [-0.25, -0.2) is 12.8 Å². The maximum atomic E-state index is 14.3. The van der Waals surface area contributed by atoms with Crippen LogP contribution in [0.1, 0.15) is 48.5 Å². The van der Waals surface area contributed by atoms with Crippen LogP contribution in [-0.4, -0.2) is 61.4 Å². The van der Waals surface area contributed by atoms with Crippen molar-refractivity contribution in [2.45, 2.75) is 61.7 Å². The van der Waals surface area contributed by atoms with E-state index < -0.39 is 26.1 Å². The Bertz CT molecular complexity index is 1200. The molecule has 2 aliphatic heterocycles. The summed E-state index contributed by atoms with van der Waals surface area (Å²) in [6.07, 6.45) is 4.31. The first-order valence-electron chi connectivity index (χ1n) is 11.8. The van der Waals surface area contributed by atoms with Crippen LogP contribution in [0.4, 0.5) is 17.6 Å². The number of halogens is 4. The lowest BCUT2D eigenvalue weighted by Gasteiger charge is -2.30. The molecule has 0 unspecified atom stereocenters. The van der Waals surface area contributed by atoms with Crippen molar-refractivity contribution in [2.24, 2.45) is 0 Å². The van der Waals surface area contributed by atoms with E-state index in [1.165, 1.54) is 12.8 Å². The van der Waals surface area contributed by atoms with Gasteiger partial charge in [0.15, 0.2) is 0 Å². The molecule has 2 heterocycles. The molecule has 0 aromatic heterocycles. The normalized spacial score (nSPS) is 21.2. The summed E-state index contributed by atoms with van der Waals surface area (Å²) in [5, 5.41) is 0. The average molecular weight is 529 g/mol. The highest BCUT2D eigenvalue weighted by molar-refractivity contribution is 7.92. The van der Waals surface area contributed by atoms with Crippen LogP contribution in [0.3, 0.4) is 0 Å². The third kappa shape index (κ3) is 5.51. The van der Waals surface area contributed by atoms with Gasteiger partial charge < -0.3 is 9.64 Å². The molecular weight excluding hydrogens is 500 g/mol. The van der Waals surface area contributed by atoms with Crippen molar-refractivity contribution in [1.29, 1.82) is 0 Å². The zero-order valence-electron chi connectivity index (χ0n) is 19.8. The summed E-state index contributed by atoms with van der Waals surface area (Å²) in [6, 6.07) is 9.08. The smallest absolute Gasteiger partial charge is 0.489 e. The van der Waals surface area contributed by atoms with E-state index in [4.69, 9.17) is 4.74 Å². The van der Waals surface area contributed by atoms with Gasteiger partial charge in [-0.2, -0.15) is 13.2 Å². The fourth-order valence-corrected chi connectivity index (χ4v) is 5.57. The largest absolute Gasteiger partial charge is 0.501 e. The molecule has 2 aromatic carbocycles. The fourth-order valence-electron chi connectivity index (χ4n) is 4.79. The molecule has 2 atom stereocenters. The van der Waals surface area contributed by atoms with Crippen LogP contribution in [0.5, 0.6) is 5.75 Å². The van der Waals surface area contributed by atoms with Crippen LogP contribution < -0.4 is 4.74 Å². The summed E-state index contributed by atoms with van der Waals surface area (Å²) in [5.74, 6) is -0.843. The van der Waals surface area contributed by atoms with Crippen LogP contribution in [-0.2, 0) is 16.4 Å². The molecule has 2 aliphatic rings. The van der Waals surface area contributed by atoms with Gasteiger partial charge in [-0.1, -0.05) is 6.07 Å². The van der Waals surface area contributed by atoms with E-state index in [1.807, 2.05) is 4.90 Å². The van der Waals surface area contributed by atoms with Crippen molar-refractivity contribution in [3.8, 4) is 5.75 Å². The van der Waals surface area contributed by atoms with E-state index in [0.717, 1.165) is 32.0 Å². The highest BCUT2D eigenvalue weighted by Gasteiger charge is 2.47. The molecule has 6 nitrogen and oxygen atoms in total. The Morgan fingerprint density at radius 1 is 1.06 bits per heavy atom. The maximum absolute atomic E-state index is 14.3. The Labute approximate surface area is 207 Å². The number of benzene rings is 2. The van der Waals surface area contributed by atoms with Crippen molar-refractivity contribution < 1.29 is 35.5 Å². The van der Waals surface area contributed by atoms with E-state index in [-0.39, 0.29) is 24.1 Å². The molecule has 0 N–H and O–H groups in total. The molecular formula is C25H28F4N2O4S. The van der Waals surface area contributed by atoms with Crippen LogP contribution in [0.25, 0.3) is 0 Å². The lowest BCUT2D eigenvalue weighted by molar-refractivity contribution is -0.0436. The number of amides is 1. The predicted octanol–water partition coefficient (Wildman–Crippen LogP) is 4.79. The first-order valence-corrected chi connectivity index (χ1v) is 13.3. The van der Waals surface area contributed by atoms with Crippen molar-refractivity contribution in [1.82, 2.24) is 9.80 Å². The first-order chi connectivity index (χ1) is 17.0. The summed E-state index contributed by atoms with van der Waals surface area (Å²) < 4.78 is 80.7. The van der Waals surface area contributed by atoms with Crippen LogP contribution in [0.2, 0.25) is 0 Å². The number of ether oxygens (including phenoxy) is 1. The number of hydrogen-bond acceptors (Lipinski definition) is 5. The molecule has 36 heavy (non-hydrogen) atoms. The molecule has 2 aromatic rings. The van der Waals surface area contributed by atoms with Gasteiger partial charge in [-0.05, 0) is 75.5 Å². The second-order valence-corrected chi connectivity index (χ2v) is 11.2. The molecule has 0 saturated carbocycles. The van der Waals surface area contributed by atoms with Crippen LogP contribution in [0.15, 0.2) is 47.4 Å². The monoisotopic (exact) mass is 528 g/mol. The number of alkyl halides is 3. The zero-order valence-corrected chi connectivity index (χ0v) is 20.6. The lowest BCUT2D eigenvalue weighted by atomic mass is 10.1. The average Bonchev–Trinajstić information content (AvgIpc) is 3.46. The molecule has 196 valence electrons. The molecule has 0 aliphatic carbocycles. The Morgan fingerprint density at radius 2 is 1.75 bits per heavy atom. The molecule has 2 saturated heterocycles. The SMILES string of the molecule is C[C@@H]1CCCN1C[C@@H]1CCCN1C(=O)c1ccc(OCc2ccc(S(=O)(=O)C(F)(F)F)cc2F)cc1. The number of rotatable bonds is 7. The number of hydrogen-bond donors (Lipinski definition) is 0. The zero-order chi connectivity index (χ0) is 26.1. The van der Waals surface area contributed by atoms with E-state index >= 15 is 0 Å². The van der Waals surface area contributed by atoms with Crippen molar-refractivity contribution in [2.75, 3.05) is 19.6 Å². The molecule has 0 bridgehead atoms. The topological polar surface area (TPSA) is 66.9 Å². The van der Waals surface area contributed by atoms with Crippen molar-refractivity contribution in [3.63, 3.8) is 0 Å². The van der Waals surface area contributed by atoms with E-state index in [9.17, 15) is 30.8 Å². The number of nitrogens with zero attached hydrogens (tertiary/aromatic N) is 2. The lowest BCUT2D eigenvalue weighted by Crippen LogP contribution is -2.44. The second-order valence-electron chi connectivity index (χ2n) is 9.30. The Hall–Kier alpha value is -2.66. The van der Waals surface area contributed by atoms with Gasteiger partial charge in [0, 0.05) is 36.3 Å². The van der Waals surface area contributed by atoms with Gasteiger partial charge in [-0.15, -0.1) is 0 Å². The minimum atomic E-state index is -5.64. The predicted molar refractivity (Wildman–Crippen MR) is 125 cm³/mol. The second kappa shape index (κ2) is 10.4. The molecule has 0 radical (unpaired) electrons. The summed E-state index contributed by atoms with van der Waals surface area (Å²) >= 11 is 0. The van der Waals surface area contributed by atoms with Gasteiger partial charge in [0.1, 0.15) is 18.2 Å². The highest BCUT2D eigenvalue weighted by Crippen LogP contribution is 2.31. The maximum Gasteiger partial charge on any atom is 0.501 e. The molecule has 1 amide bonds. The molecule has 2 fully saturated rings. The Kier molecular flexibility index (Phi) is 7.61. The van der Waals surface area contributed by atoms with E-state index in [0.29, 0.717) is 36.0 Å². The Morgan fingerprint density at radius 3 is 2.36 bits per heavy atom. The standard InChI is InChI=1S/C25H28F4N2O4S/c1-17-4-2-12-30(17)15-20-5-3-13-31(20)24(32)18-6-9-21(10-7-18)35-16-19-8-11-22(14-23(19)26)36(33,34)25(27,28)29/h6-11,14,17,20H,2-5,12-13,15-16H2,1H3/t17-,20+/m1/s1. The third-order valence-corrected chi connectivity index (χ3v) is 8.39. The molecule has 11 heteroatoms. The minimum absolute atomic E-state index is 0.0524. The van der Waals surface area contributed by atoms with Gasteiger partial charge in [0.05, 0.1) is 4.90 Å². The van der Waals surface area contributed by atoms with Gasteiger partial charge in [-0.3, -0.25) is 9.69 Å². The third-order valence-electron chi connectivity index (χ3n) is 6.91. The van der Waals surface area contributed by atoms with Crippen molar-refractivity contribution in [3.05, 3.63) is 59.4 Å². The summed E-state index contributed by atoms with van der Waals surface area (Å²) in [5.41, 5.74) is -5.11. The van der Waals surface area contributed by atoms with E-state index in [2.05, 4.69) is 11.8 Å².